The van der Waals surface area contributed by atoms with Gasteiger partial charge in [-0.25, -0.2) is 4.98 Å². The number of thiazole rings is 1. The lowest BCUT2D eigenvalue weighted by molar-refractivity contribution is 0.199. The summed E-state index contributed by atoms with van der Waals surface area (Å²) in [5, 5.41) is 5.51. The van der Waals surface area contributed by atoms with E-state index in [1.54, 1.807) is 18.4 Å². The fourth-order valence-corrected chi connectivity index (χ4v) is 2.89. The first-order chi connectivity index (χ1) is 10.0. The Morgan fingerprint density at radius 3 is 2.90 bits per heavy atom. The van der Waals surface area contributed by atoms with Crippen LogP contribution in [0.15, 0.2) is 11.6 Å². The molecule has 0 saturated heterocycles. The van der Waals surface area contributed by atoms with Gasteiger partial charge in [-0.15, -0.1) is 11.3 Å². The van der Waals surface area contributed by atoms with Crippen molar-refractivity contribution in [1.29, 1.82) is 0 Å². The number of anilines is 1. The topological polar surface area (TPSA) is 41.8 Å². The molecule has 0 aliphatic carbocycles. The number of rotatable bonds is 8. The summed E-state index contributed by atoms with van der Waals surface area (Å²) < 4.78 is 7.27. The highest BCUT2D eigenvalue weighted by atomic mass is 32.1. The van der Waals surface area contributed by atoms with E-state index < -0.39 is 0 Å². The summed E-state index contributed by atoms with van der Waals surface area (Å²) >= 11 is 1.67. The maximum absolute atomic E-state index is 5.09. The molecule has 0 aliphatic heterocycles. The van der Waals surface area contributed by atoms with Gasteiger partial charge in [0.15, 0.2) is 10.8 Å². The van der Waals surface area contributed by atoms with Gasteiger partial charge < -0.3 is 15.0 Å². The predicted octanol–water partition coefficient (Wildman–Crippen LogP) is 2.76. The van der Waals surface area contributed by atoms with Crippen molar-refractivity contribution in [3.63, 3.8) is 0 Å². The minimum atomic E-state index is 0.0886. The number of imidazole rings is 1. The Morgan fingerprint density at radius 2 is 2.24 bits per heavy atom. The van der Waals surface area contributed by atoms with Gasteiger partial charge in [0.2, 0.25) is 0 Å². The van der Waals surface area contributed by atoms with Crippen molar-refractivity contribution >= 4 is 22.1 Å². The van der Waals surface area contributed by atoms with Crippen molar-refractivity contribution < 1.29 is 4.74 Å². The van der Waals surface area contributed by atoms with Gasteiger partial charge in [-0.1, -0.05) is 6.92 Å². The predicted molar refractivity (Wildman–Crippen MR) is 89.4 cm³/mol. The molecular formula is C15H26N4OS. The Morgan fingerprint density at radius 1 is 1.48 bits per heavy atom. The molecule has 0 fully saturated rings. The van der Waals surface area contributed by atoms with Crippen molar-refractivity contribution in [2.45, 2.75) is 39.3 Å². The monoisotopic (exact) mass is 310 g/mol. The summed E-state index contributed by atoms with van der Waals surface area (Å²) in [5.41, 5.74) is 1.30. The van der Waals surface area contributed by atoms with Crippen LogP contribution < -0.4 is 10.2 Å². The summed E-state index contributed by atoms with van der Waals surface area (Å²) in [6.07, 6.45) is 3.17. The Bertz CT molecular complexity index is 575. The molecule has 0 atom stereocenters. The van der Waals surface area contributed by atoms with Gasteiger partial charge in [0, 0.05) is 44.4 Å². The molecule has 0 spiro atoms. The van der Waals surface area contributed by atoms with Gasteiger partial charge in [0.05, 0.1) is 12.3 Å². The number of nitrogens with zero attached hydrogens (tertiary/aromatic N) is 3. The lowest BCUT2D eigenvalue weighted by Gasteiger charge is -2.35. The van der Waals surface area contributed by atoms with Gasteiger partial charge in [0.25, 0.3) is 0 Å². The molecule has 2 aromatic rings. The van der Waals surface area contributed by atoms with E-state index in [0.717, 1.165) is 36.9 Å². The zero-order valence-corrected chi connectivity index (χ0v) is 14.5. The minimum absolute atomic E-state index is 0.0886. The van der Waals surface area contributed by atoms with Crippen molar-refractivity contribution in [3.05, 3.63) is 17.3 Å². The molecule has 21 heavy (non-hydrogen) atoms. The van der Waals surface area contributed by atoms with Gasteiger partial charge in [-0.2, -0.15) is 0 Å². The van der Waals surface area contributed by atoms with Crippen LogP contribution in [0.2, 0.25) is 0 Å². The van der Waals surface area contributed by atoms with Crippen LogP contribution in [-0.4, -0.2) is 42.2 Å². The second-order valence-electron chi connectivity index (χ2n) is 5.83. The van der Waals surface area contributed by atoms with Crippen LogP contribution in [0.5, 0.6) is 0 Å². The largest absolute Gasteiger partial charge is 0.383 e. The summed E-state index contributed by atoms with van der Waals surface area (Å²) in [6.45, 7) is 9.07. The summed E-state index contributed by atoms with van der Waals surface area (Å²) in [7, 11) is 3.86. The number of aromatic nitrogens is 2. The second kappa shape index (κ2) is 6.77. The molecule has 6 heteroatoms. The molecule has 0 unspecified atom stereocenters. The average Bonchev–Trinajstić information content (AvgIpc) is 3.04. The third kappa shape index (κ3) is 3.39. The van der Waals surface area contributed by atoms with Crippen LogP contribution in [0.25, 0.3) is 4.96 Å². The van der Waals surface area contributed by atoms with E-state index >= 15 is 0 Å². The van der Waals surface area contributed by atoms with Crippen LogP contribution in [0.3, 0.4) is 0 Å². The SMILES string of the molecule is CCC(C)(C)N(C)c1nc2sccn2c1CNCCOC. The number of nitrogens with one attached hydrogen (secondary N) is 1. The zero-order chi connectivity index (χ0) is 15.5. The first kappa shape index (κ1) is 16.3. The number of ether oxygens (including phenoxy) is 1. The van der Waals surface area contributed by atoms with Crippen molar-refractivity contribution in [2.75, 3.05) is 32.2 Å². The minimum Gasteiger partial charge on any atom is -0.383 e. The molecule has 0 bridgehead atoms. The lowest BCUT2D eigenvalue weighted by Crippen LogP contribution is -2.41. The van der Waals surface area contributed by atoms with E-state index in [1.165, 1.54) is 5.69 Å². The van der Waals surface area contributed by atoms with Crippen molar-refractivity contribution in [1.82, 2.24) is 14.7 Å². The fourth-order valence-electron chi connectivity index (χ4n) is 2.16. The highest BCUT2D eigenvalue weighted by Gasteiger charge is 2.26. The summed E-state index contributed by atoms with van der Waals surface area (Å²) in [6, 6.07) is 0. The van der Waals surface area contributed by atoms with E-state index in [1.807, 2.05) is 0 Å². The summed E-state index contributed by atoms with van der Waals surface area (Å²) in [4.78, 5) is 8.16. The second-order valence-corrected chi connectivity index (χ2v) is 6.71. The fraction of sp³-hybridized carbons (Fsp3) is 0.667. The molecule has 2 heterocycles. The molecule has 2 aromatic heterocycles. The molecule has 0 saturated carbocycles. The molecule has 118 valence electrons. The van der Waals surface area contributed by atoms with E-state index in [4.69, 9.17) is 9.72 Å². The normalized spacial score (nSPS) is 12.2. The third-order valence-corrected chi connectivity index (χ3v) is 4.96. The molecule has 5 nitrogen and oxygen atoms in total. The maximum Gasteiger partial charge on any atom is 0.195 e. The molecule has 0 radical (unpaired) electrons. The average molecular weight is 310 g/mol. The third-order valence-electron chi connectivity index (χ3n) is 4.21. The first-order valence-electron chi connectivity index (χ1n) is 7.39. The molecular weight excluding hydrogens is 284 g/mol. The van der Waals surface area contributed by atoms with Gasteiger partial charge in [-0.05, 0) is 20.3 Å². The Labute approximate surface area is 130 Å². The number of fused-ring (bicyclic) bond motifs is 1. The van der Waals surface area contributed by atoms with E-state index in [0.29, 0.717) is 0 Å². The molecule has 1 N–H and O–H groups in total. The maximum atomic E-state index is 5.09. The molecule has 2 rings (SSSR count). The zero-order valence-electron chi connectivity index (χ0n) is 13.6. The number of hydrogen-bond donors (Lipinski definition) is 1. The standard InChI is InChI=1S/C15H26N4OS/c1-6-15(2,3)18(4)13-12(11-16-7-9-20-5)19-8-10-21-14(19)17-13/h8,10,16H,6-7,9,11H2,1-5H3. The lowest BCUT2D eigenvalue weighted by atomic mass is 10.00. The van der Waals surface area contributed by atoms with Crippen molar-refractivity contribution in [2.24, 2.45) is 0 Å². The Balaban J connectivity index is 2.27. The highest BCUT2D eigenvalue weighted by Crippen LogP contribution is 2.29. The van der Waals surface area contributed by atoms with Gasteiger partial charge in [0.1, 0.15) is 0 Å². The quantitative estimate of drug-likeness (QED) is 0.761. The van der Waals surface area contributed by atoms with Crippen LogP contribution in [0.1, 0.15) is 32.9 Å². The van der Waals surface area contributed by atoms with Crippen molar-refractivity contribution in [3.8, 4) is 0 Å². The Kier molecular flexibility index (Phi) is 5.24. The van der Waals surface area contributed by atoms with Gasteiger partial charge in [-0.3, -0.25) is 4.40 Å². The number of hydrogen-bond acceptors (Lipinski definition) is 5. The van der Waals surface area contributed by atoms with Crippen LogP contribution in [0.4, 0.5) is 5.82 Å². The summed E-state index contributed by atoms with van der Waals surface area (Å²) in [5.74, 6) is 1.07. The van der Waals surface area contributed by atoms with Gasteiger partial charge >= 0.3 is 0 Å². The van der Waals surface area contributed by atoms with Crippen LogP contribution in [-0.2, 0) is 11.3 Å². The first-order valence-corrected chi connectivity index (χ1v) is 8.27. The van der Waals surface area contributed by atoms with E-state index in [2.05, 4.69) is 54.0 Å². The number of methoxy groups -OCH3 is 1. The van der Waals surface area contributed by atoms with Crippen LogP contribution >= 0.6 is 11.3 Å². The van der Waals surface area contributed by atoms with Crippen LogP contribution in [0, 0.1) is 0 Å². The molecule has 0 aliphatic rings. The molecule has 0 amide bonds. The Hall–Kier alpha value is -1.11. The van der Waals surface area contributed by atoms with E-state index in [9.17, 15) is 0 Å². The molecule has 0 aromatic carbocycles. The smallest absolute Gasteiger partial charge is 0.195 e. The highest BCUT2D eigenvalue weighted by molar-refractivity contribution is 7.15. The van der Waals surface area contributed by atoms with E-state index in [-0.39, 0.29) is 5.54 Å².